The second kappa shape index (κ2) is 6.46. The van der Waals surface area contributed by atoms with Gasteiger partial charge in [0, 0.05) is 6.04 Å². The zero-order chi connectivity index (χ0) is 11.3. The molecule has 2 atom stereocenters. The van der Waals surface area contributed by atoms with Crippen molar-refractivity contribution >= 4 is 0 Å². The van der Waals surface area contributed by atoms with Crippen LogP contribution in [-0.2, 0) is 0 Å². The zero-order valence-electron chi connectivity index (χ0n) is 10.5. The van der Waals surface area contributed by atoms with Crippen molar-refractivity contribution in [3.63, 3.8) is 0 Å². The Balaban J connectivity index is 2.50. The smallest absolute Gasteiger partial charge is 0.0133 e. The molecule has 1 saturated heterocycles. The van der Waals surface area contributed by atoms with E-state index in [0.717, 1.165) is 12.5 Å². The molecule has 0 spiro atoms. The van der Waals surface area contributed by atoms with Crippen molar-refractivity contribution in [3.05, 3.63) is 0 Å². The van der Waals surface area contributed by atoms with E-state index >= 15 is 0 Å². The maximum atomic E-state index is 5.84. The molecule has 15 heavy (non-hydrogen) atoms. The lowest BCUT2D eigenvalue weighted by atomic mass is 9.81. The first-order valence-corrected chi connectivity index (χ1v) is 6.28. The number of nitrogens with two attached hydrogens (primary N) is 1. The van der Waals surface area contributed by atoms with Gasteiger partial charge in [-0.15, -0.1) is 0 Å². The average molecular weight is 213 g/mol. The zero-order valence-corrected chi connectivity index (χ0v) is 10.5. The van der Waals surface area contributed by atoms with E-state index in [4.69, 9.17) is 5.73 Å². The molecule has 1 fully saturated rings. The van der Waals surface area contributed by atoms with E-state index in [1.54, 1.807) is 0 Å². The summed E-state index contributed by atoms with van der Waals surface area (Å²) in [7, 11) is 4.30. The Hall–Kier alpha value is -0.120. The molecule has 1 rings (SSSR count). The molecule has 3 N–H and O–H groups in total. The van der Waals surface area contributed by atoms with Gasteiger partial charge < -0.3 is 16.0 Å². The van der Waals surface area contributed by atoms with E-state index in [-0.39, 0.29) is 0 Å². The van der Waals surface area contributed by atoms with Crippen molar-refractivity contribution in [2.45, 2.75) is 32.2 Å². The highest BCUT2D eigenvalue weighted by Crippen LogP contribution is 2.25. The number of likely N-dealkylation sites (tertiary alicyclic amines) is 1. The van der Waals surface area contributed by atoms with Crippen molar-refractivity contribution in [2.24, 2.45) is 17.6 Å². The van der Waals surface area contributed by atoms with Gasteiger partial charge in [-0.3, -0.25) is 0 Å². The summed E-state index contributed by atoms with van der Waals surface area (Å²) in [5.41, 5.74) is 5.84. The summed E-state index contributed by atoms with van der Waals surface area (Å²) in [5, 5.41) is 3.49. The summed E-state index contributed by atoms with van der Waals surface area (Å²) in [5.74, 6) is 1.46. The van der Waals surface area contributed by atoms with Crippen LogP contribution in [0.1, 0.15) is 26.2 Å². The van der Waals surface area contributed by atoms with Crippen LogP contribution in [0.15, 0.2) is 0 Å². The molecule has 3 heteroatoms. The molecule has 0 bridgehead atoms. The number of nitrogens with zero attached hydrogens (tertiary/aromatic N) is 1. The largest absolute Gasteiger partial charge is 0.330 e. The minimum atomic E-state index is 0.619. The molecule has 90 valence electrons. The lowest BCUT2D eigenvalue weighted by Crippen LogP contribution is -2.47. The number of nitrogens with one attached hydrogen (secondary N) is 1. The highest BCUT2D eigenvalue weighted by atomic mass is 15.1. The number of rotatable bonds is 5. The Morgan fingerprint density at radius 3 is 2.40 bits per heavy atom. The Kier molecular flexibility index (Phi) is 5.58. The number of hydrogen-bond acceptors (Lipinski definition) is 3. The minimum absolute atomic E-state index is 0.619. The monoisotopic (exact) mass is 213 g/mol. The Labute approximate surface area is 94.4 Å². The van der Waals surface area contributed by atoms with Crippen molar-refractivity contribution in [3.8, 4) is 0 Å². The minimum Gasteiger partial charge on any atom is -0.330 e. The standard InChI is InChI=1S/C12H27N3/c1-4-10(9-13)12(14-2)11-5-7-15(3)8-6-11/h10-12,14H,4-9,13H2,1-3H3. The molecule has 0 aromatic carbocycles. The van der Waals surface area contributed by atoms with Crippen LogP contribution < -0.4 is 11.1 Å². The van der Waals surface area contributed by atoms with E-state index in [0.29, 0.717) is 12.0 Å². The molecule has 3 nitrogen and oxygen atoms in total. The van der Waals surface area contributed by atoms with Gasteiger partial charge in [-0.1, -0.05) is 13.3 Å². The molecule has 0 aromatic heterocycles. The van der Waals surface area contributed by atoms with Gasteiger partial charge in [-0.25, -0.2) is 0 Å². The van der Waals surface area contributed by atoms with E-state index in [2.05, 4.69) is 31.2 Å². The summed E-state index contributed by atoms with van der Waals surface area (Å²) in [6.45, 7) is 5.54. The summed E-state index contributed by atoms with van der Waals surface area (Å²) in [6.07, 6.45) is 3.82. The fraction of sp³-hybridized carbons (Fsp3) is 1.00. The third-order valence-corrected chi connectivity index (χ3v) is 3.94. The van der Waals surface area contributed by atoms with Crippen LogP contribution >= 0.6 is 0 Å². The average Bonchev–Trinajstić information content (AvgIpc) is 2.27. The van der Waals surface area contributed by atoms with E-state index in [1.807, 2.05) is 0 Å². The van der Waals surface area contributed by atoms with Gasteiger partial charge in [0.15, 0.2) is 0 Å². The first kappa shape index (κ1) is 12.9. The highest BCUT2D eigenvalue weighted by Gasteiger charge is 2.28. The quantitative estimate of drug-likeness (QED) is 0.713. The van der Waals surface area contributed by atoms with Crippen molar-refractivity contribution < 1.29 is 0 Å². The fourth-order valence-electron chi connectivity index (χ4n) is 2.81. The molecule has 0 amide bonds. The molecule has 1 heterocycles. The SMILES string of the molecule is CCC(CN)C(NC)C1CCN(C)CC1. The van der Waals surface area contributed by atoms with Crippen LogP contribution in [0.4, 0.5) is 0 Å². The summed E-state index contributed by atoms with van der Waals surface area (Å²) < 4.78 is 0. The molecular weight excluding hydrogens is 186 g/mol. The third kappa shape index (κ3) is 3.44. The Morgan fingerprint density at radius 2 is 2.00 bits per heavy atom. The second-order valence-electron chi connectivity index (χ2n) is 4.86. The molecule has 0 radical (unpaired) electrons. The number of hydrogen-bond donors (Lipinski definition) is 2. The summed E-state index contributed by atoms with van der Waals surface area (Å²) in [4.78, 5) is 2.42. The maximum Gasteiger partial charge on any atom is 0.0133 e. The third-order valence-electron chi connectivity index (χ3n) is 3.94. The maximum absolute atomic E-state index is 5.84. The van der Waals surface area contributed by atoms with E-state index < -0.39 is 0 Å². The molecule has 0 saturated carbocycles. The van der Waals surface area contributed by atoms with Gasteiger partial charge in [-0.2, -0.15) is 0 Å². The first-order chi connectivity index (χ1) is 7.22. The van der Waals surface area contributed by atoms with Crippen LogP contribution in [0.5, 0.6) is 0 Å². The van der Waals surface area contributed by atoms with Crippen LogP contribution in [0.25, 0.3) is 0 Å². The normalized spacial score (nSPS) is 24.0. The van der Waals surface area contributed by atoms with Gasteiger partial charge in [-0.05, 0) is 58.4 Å². The van der Waals surface area contributed by atoms with Crippen molar-refractivity contribution in [1.29, 1.82) is 0 Å². The second-order valence-corrected chi connectivity index (χ2v) is 4.86. The molecule has 0 aliphatic carbocycles. The van der Waals surface area contributed by atoms with Crippen LogP contribution in [-0.4, -0.2) is 44.7 Å². The Morgan fingerprint density at radius 1 is 1.40 bits per heavy atom. The number of piperidine rings is 1. The Bertz CT molecular complexity index is 160. The summed E-state index contributed by atoms with van der Waals surface area (Å²) >= 11 is 0. The van der Waals surface area contributed by atoms with Crippen LogP contribution in [0, 0.1) is 11.8 Å². The fourth-order valence-corrected chi connectivity index (χ4v) is 2.81. The predicted octanol–water partition coefficient (Wildman–Crippen LogP) is 0.901. The van der Waals surface area contributed by atoms with Crippen molar-refractivity contribution in [2.75, 3.05) is 33.7 Å². The molecule has 0 aromatic rings. The molecule has 2 unspecified atom stereocenters. The summed E-state index contributed by atoms with van der Waals surface area (Å²) in [6, 6.07) is 0.619. The lowest BCUT2D eigenvalue weighted by molar-refractivity contribution is 0.158. The lowest BCUT2D eigenvalue weighted by Gasteiger charge is -2.37. The topological polar surface area (TPSA) is 41.3 Å². The molecule has 1 aliphatic heterocycles. The van der Waals surface area contributed by atoms with Crippen LogP contribution in [0.3, 0.4) is 0 Å². The van der Waals surface area contributed by atoms with Crippen molar-refractivity contribution in [1.82, 2.24) is 10.2 Å². The van der Waals surface area contributed by atoms with Gasteiger partial charge in [0.05, 0.1) is 0 Å². The van der Waals surface area contributed by atoms with Gasteiger partial charge >= 0.3 is 0 Å². The van der Waals surface area contributed by atoms with Crippen LogP contribution in [0.2, 0.25) is 0 Å². The van der Waals surface area contributed by atoms with Gasteiger partial charge in [0.25, 0.3) is 0 Å². The predicted molar refractivity (Wildman–Crippen MR) is 65.9 cm³/mol. The first-order valence-electron chi connectivity index (χ1n) is 6.28. The van der Waals surface area contributed by atoms with Gasteiger partial charge in [0.2, 0.25) is 0 Å². The highest BCUT2D eigenvalue weighted by molar-refractivity contribution is 4.85. The molecule has 1 aliphatic rings. The van der Waals surface area contributed by atoms with E-state index in [1.165, 1.54) is 32.4 Å². The molecular formula is C12H27N3. The van der Waals surface area contributed by atoms with E-state index in [9.17, 15) is 0 Å². The van der Waals surface area contributed by atoms with Gasteiger partial charge in [0.1, 0.15) is 0 Å².